The lowest BCUT2D eigenvalue weighted by Crippen LogP contribution is -2.17. The maximum absolute atomic E-state index is 6.31. The van der Waals surface area contributed by atoms with Gasteiger partial charge in [-0.25, -0.2) is 0 Å². The normalized spacial score (nSPS) is 24.4. The Balaban J connectivity index is 2.23. The summed E-state index contributed by atoms with van der Waals surface area (Å²) < 4.78 is 2.30. The molecule has 0 saturated heterocycles. The van der Waals surface area contributed by atoms with Crippen molar-refractivity contribution in [1.29, 1.82) is 0 Å². The summed E-state index contributed by atoms with van der Waals surface area (Å²) in [4.78, 5) is 0. The second-order valence-electron chi connectivity index (χ2n) is 4.48. The molecule has 2 heterocycles. The summed E-state index contributed by atoms with van der Waals surface area (Å²) in [5, 5.41) is 4.39. The fourth-order valence-electron chi connectivity index (χ4n) is 2.65. The van der Waals surface area contributed by atoms with Crippen molar-refractivity contribution in [3.63, 3.8) is 0 Å². The van der Waals surface area contributed by atoms with Gasteiger partial charge in [-0.05, 0) is 23.5 Å². The van der Waals surface area contributed by atoms with Gasteiger partial charge in [0.15, 0.2) is 0 Å². The monoisotopic (exact) mass is 222 g/mol. The minimum atomic E-state index is 0.565. The van der Waals surface area contributed by atoms with Crippen molar-refractivity contribution < 1.29 is 0 Å². The Kier molecular flexibility index (Phi) is 2.15. The second kappa shape index (κ2) is 3.39. The van der Waals surface area contributed by atoms with Crippen molar-refractivity contribution in [2.45, 2.75) is 25.8 Å². The van der Waals surface area contributed by atoms with Crippen LogP contribution >= 0.6 is 11.6 Å². The van der Waals surface area contributed by atoms with E-state index in [4.69, 9.17) is 11.6 Å². The van der Waals surface area contributed by atoms with E-state index in [1.165, 1.54) is 16.8 Å². The standard InChI is InChI=1S/C12H15ClN2/c1-8-2-3-9-6-14-4-5-15-7-10(13)11(8)12(9)15/h3,7-8,14H,2,4-6H2,1H3. The van der Waals surface area contributed by atoms with E-state index in [0.29, 0.717) is 5.92 Å². The van der Waals surface area contributed by atoms with Crippen molar-refractivity contribution in [3.8, 4) is 0 Å². The Morgan fingerprint density at radius 2 is 2.40 bits per heavy atom. The zero-order valence-electron chi connectivity index (χ0n) is 8.89. The number of halogens is 1. The van der Waals surface area contributed by atoms with Crippen LogP contribution in [-0.4, -0.2) is 17.7 Å². The Morgan fingerprint density at radius 3 is 3.27 bits per heavy atom. The molecule has 0 amide bonds. The number of nitrogens with zero attached hydrogens (tertiary/aromatic N) is 1. The van der Waals surface area contributed by atoms with Gasteiger partial charge in [-0.3, -0.25) is 0 Å². The van der Waals surface area contributed by atoms with Gasteiger partial charge in [-0.15, -0.1) is 0 Å². The lowest BCUT2D eigenvalue weighted by atomic mass is 9.88. The summed E-state index contributed by atoms with van der Waals surface area (Å²) in [6.07, 6.45) is 5.57. The zero-order valence-corrected chi connectivity index (χ0v) is 9.64. The summed E-state index contributed by atoms with van der Waals surface area (Å²) in [6.45, 7) is 5.30. The van der Waals surface area contributed by atoms with E-state index in [2.05, 4.69) is 29.1 Å². The van der Waals surface area contributed by atoms with Gasteiger partial charge in [-0.2, -0.15) is 0 Å². The van der Waals surface area contributed by atoms with Crippen LogP contribution in [0.15, 0.2) is 12.3 Å². The molecule has 1 aliphatic heterocycles. The molecular formula is C12H15ClN2. The molecule has 1 atom stereocenters. The number of rotatable bonds is 0. The van der Waals surface area contributed by atoms with Crippen LogP contribution in [0.4, 0.5) is 0 Å². The van der Waals surface area contributed by atoms with Crippen LogP contribution in [-0.2, 0) is 6.54 Å². The molecule has 1 aromatic rings. The Labute approximate surface area is 94.9 Å². The van der Waals surface area contributed by atoms with Crippen molar-refractivity contribution in [2.24, 2.45) is 0 Å². The average Bonchev–Trinajstić information content (AvgIpc) is 2.43. The zero-order chi connectivity index (χ0) is 10.4. The van der Waals surface area contributed by atoms with Gasteiger partial charge < -0.3 is 9.88 Å². The molecule has 2 aliphatic rings. The van der Waals surface area contributed by atoms with Crippen LogP contribution in [0, 0.1) is 0 Å². The van der Waals surface area contributed by atoms with Crippen LogP contribution in [0.3, 0.4) is 0 Å². The predicted octanol–water partition coefficient (Wildman–Crippen LogP) is 2.64. The summed E-state index contributed by atoms with van der Waals surface area (Å²) >= 11 is 6.31. The Bertz CT molecular complexity index is 431. The quantitative estimate of drug-likeness (QED) is 0.714. The first kappa shape index (κ1) is 9.49. The fraction of sp³-hybridized carbons (Fsp3) is 0.500. The molecule has 2 nitrogen and oxygen atoms in total. The number of nitrogens with one attached hydrogen (secondary N) is 1. The molecule has 0 fully saturated rings. The maximum atomic E-state index is 6.31. The first-order chi connectivity index (χ1) is 7.27. The minimum absolute atomic E-state index is 0.565. The lowest BCUT2D eigenvalue weighted by molar-refractivity contribution is 0.648. The smallest absolute Gasteiger partial charge is 0.0623 e. The van der Waals surface area contributed by atoms with Crippen molar-refractivity contribution >= 4 is 17.2 Å². The molecule has 0 saturated carbocycles. The van der Waals surface area contributed by atoms with Crippen LogP contribution in [0.2, 0.25) is 5.02 Å². The minimum Gasteiger partial charge on any atom is -0.345 e. The molecule has 1 aliphatic carbocycles. The van der Waals surface area contributed by atoms with Gasteiger partial charge >= 0.3 is 0 Å². The van der Waals surface area contributed by atoms with Crippen molar-refractivity contribution in [2.75, 3.05) is 13.1 Å². The van der Waals surface area contributed by atoms with E-state index in [0.717, 1.165) is 31.1 Å². The van der Waals surface area contributed by atoms with Gasteiger partial charge in [0.05, 0.1) is 5.02 Å². The molecule has 3 rings (SSSR count). The third-order valence-electron chi connectivity index (χ3n) is 3.43. The van der Waals surface area contributed by atoms with Gasteiger partial charge in [-0.1, -0.05) is 24.6 Å². The molecular weight excluding hydrogens is 208 g/mol. The molecule has 80 valence electrons. The summed E-state index contributed by atoms with van der Waals surface area (Å²) in [5.41, 5.74) is 4.16. The highest BCUT2D eigenvalue weighted by Gasteiger charge is 2.26. The van der Waals surface area contributed by atoms with Gasteiger partial charge in [0.2, 0.25) is 0 Å². The molecule has 15 heavy (non-hydrogen) atoms. The highest BCUT2D eigenvalue weighted by Crippen LogP contribution is 2.40. The van der Waals surface area contributed by atoms with Gasteiger partial charge in [0, 0.05) is 31.5 Å². The Morgan fingerprint density at radius 1 is 1.53 bits per heavy atom. The Hall–Kier alpha value is -0.730. The van der Waals surface area contributed by atoms with Gasteiger partial charge in [0.1, 0.15) is 0 Å². The molecule has 0 bridgehead atoms. The highest BCUT2D eigenvalue weighted by atomic mass is 35.5. The van der Waals surface area contributed by atoms with E-state index in [-0.39, 0.29) is 0 Å². The molecule has 1 N–H and O–H groups in total. The number of allylic oxidation sites excluding steroid dienone is 1. The number of hydrogen-bond acceptors (Lipinski definition) is 1. The van der Waals surface area contributed by atoms with Crippen LogP contribution in [0.1, 0.15) is 30.5 Å². The first-order valence-electron chi connectivity index (χ1n) is 5.56. The molecule has 1 unspecified atom stereocenters. The van der Waals surface area contributed by atoms with E-state index in [9.17, 15) is 0 Å². The number of aromatic nitrogens is 1. The highest BCUT2D eigenvalue weighted by molar-refractivity contribution is 6.31. The average molecular weight is 223 g/mol. The lowest BCUT2D eigenvalue weighted by Gasteiger charge is -2.20. The van der Waals surface area contributed by atoms with E-state index in [1.54, 1.807) is 0 Å². The van der Waals surface area contributed by atoms with Crippen LogP contribution in [0.25, 0.3) is 5.57 Å². The summed E-state index contributed by atoms with van der Waals surface area (Å²) in [5.74, 6) is 0.565. The van der Waals surface area contributed by atoms with Crippen molar-refractivity contribution in [1.82, 2.24) is 9.88 Å². The largest absolute Gasteiger partial charge is 0.345 e. The van der Waals surface area contributed by atoms with E-state index in [1.807, 2.05) is 0 Å². The van der Waals surface area contributed by atoms with E-state index >= 15 is 0 Å². The van der Waals surface area contributed by atoms with E-state index < -0.39 is 0 Å². The molecule has 0 aromatic carbocycles. The fourth-order valence-corrected chi connectivity index (χ4v) is 3.05. The third-order valence-corrected chi connectivity index (χ3v) is 3.73. The molecule has 3 heteroatoms. The predicted molar refractivity (Wildman–Crippen MR) is 63.3 cm³/mol. The van der Waals surface area contributed by atoms with Crippen LogP contribution < -0.4 is 5.32 Å². The topological polar surface area (TPSA) is 17.0 Å². The molecule has 1 aromatic heterocycles. The first-order valence-corrected chi connectivity index (χ1v) is 5.94. The maximum Gasteiger partial charge on any atom is 0.0623 e. The van der Waals surface area contributed by atoms with Crippen molar-refractivity contribution in [3.05, 3.63) is 28.6 Å². The van der Waals surface area contributed by atoms with Gasteiger partial charge in [0.25, 0.3) is 0 Å². The third kappa shape index (κ3) is 1.35. The van der Waals surface area contributed by atoms with Crippen LogP contribution in [0.5, 0.6) is 0 Å². The number of hydrogen-bond donors (Lipinski definition) is 1. The summed E-state index contributed by atoms with van der Waals surface area (Å²) in [7, 11) is 0. The summed E-state index contributed by atoms with van der Waals surface area (Å²) in [6, 6.07) is 0. The second-order valence-corrected chi connectivity index (χ2v) is 4.88. The molecule has 0 radical (unpaired) electrons. The molecule has 0 spiro atoms. The SMILES string of the molecule is CC1CC=C2CNCCn3cc(Cl)c1c32.